The van der Waals surface area contributed by atoms with Gasteiger partial charge in [0.15, 0.2) is 0 Å². The van der Waals surface area contributed by atoms with Crippen LogP contribution < -0.4 is 5.73 Å². The molecule has 1 rings (SSSR count). The van der Waals surface area contributed by atoms with E-state index in [4.69, 9.17) is 17.3 Å². The van der Waals surface area contributed by atoms with Crippen LogP contribution in [0.3, 0.4) is 0 Å². The highest BCUT2D eigenvalue weighted by Crippen LogP contribution is 2.28. The molecule has 17 heavy (non-hydrogen) atoms. The lowest BCUT2D eigenvalue weighted by molar-refractivity contribution is 0.0512. The molecular formula is C10H11ClF2N2O2. The Morgan fingerprint density at radius 1 is 1.65 bits per heavy atom. The maximum absolute atomic E-state index is 12.7. The molecule has 0 amide bonds. The van der Waals surface area contributed by atoms with E-state index in [1.54, 1.807) is 6.92 Å². The standard InChI is InChI=1S/C10H11ClF2N2O2/c1-2-17-10(16)7-5(3-14)6(11)4-15-8(7)9(12)13/h4,9H,2-3,14H2,1H3. The Kier molecular flexibility index (Phi) is 4.77. The highest BCUT2D eigenvalue weighted by Gasteiger charge is 2.25. The van der Waals surface area contributed by atoms with Gasteiger partial charge in [0.2, 0.25) is 0 Å². The molecule has 0 fully saturated rings. The molecule has 1 aromatic heterocycles. The summed E-state index contributed by atoms with van der Waals surface area (Å²) in [6.45, 7) is 1.49. The number of carbonyl (C=O) groups is 1. The second-order valence-electron chi connectivity index (χ2n) is 3.07. The first-order valence-corrected chi connectivity index (χ1v) is 5.23. The number of halogens is 3. The van der Waals surface area contributed by atoms with E-state index in [0.29, 0.717) is 0 Å². The highest BCUT2D eigenvalue weighted by molar-refractivity contribution is 6.31. The number of esters is 1. The fourth-order valence-corrected chi connectivity index (χ4v) is 1.56. The molecule has 0 unspecified atom stereocenters. The second kappa shape index (κ2) is 5.88. The van der Waals surface area contributed by atoms with E-state index < -0.39 is 18.1 Å². The summed E-state index contributed by atoms with van der Waals surface area (Å²) in [5.74, 6) is -0.891. The molecule has 0 saturated heterocycles. The van der Waals surface area contributed by atoms with Crippen LogP contribution in [0.4, 0.5) is 8.78 Å². The molecule has 0 spiro atoms. The van der Waals surface area contributed by atoms with Crippen molar-refractivity contribution in [3.05, 3.63) is 28.0 Å². The SMILES string of the molecule is CCOC(=O)c1c(C(F)F)ncc(Cl)c1CN. The first-order valence-electron chi connectivity index (χ1n) is 4.85. The van der Waals surface area contributed by atoms with Crippen molar-refractivity contribution in [3.63, 3.8) is 0 Å². The number of ether oxygens (including phenoxy) is 1. The minimum Gasteiger partial charge on any atom is -0.462 e. The molecule has 1 aromatic rings. The second-order valence-corrected chi connectivity index (χ2v) is 3.48. The summed E-state index contributed by atoms with van der Waals surface area (Å²) < 4.78 is 30.1. The highest BCUT2D eigenvalue weighted by atomic mass is 35.5. The quantitative estimate of drug-likeness (QED) is 0.848. The number of pyridine rings is 1. The van der Waals surface area contributed by atoms with Gasteiger partial charge >= 0.3 is 5.97 Å². The van der Waals surface area contributed by atoms with Gasteiger partial charge in [0.25, 0.3) is 6.43 Å². The van der Waals surface area contributed by atoms with Gasteiger partial charge in [-0.25, -0.2) is 13.6 Å². The molecule has 7 heteroatoms. The number of hydrogen-bond donors (Lipinski definition) is 1. The third-order valence-electron chi connectivity index (χ3n) is 2.05. The minimum atomic E-state index is -2.89. The number of alkyl halides is 2. The summed E-state index contributed by atoms with van der Waals surface area (Å²) >= 11 is 5.76. The summed E-state index contributed by atoms with van der Waals surface area (Å²) in [6, 6.07) is 0. The van der Waals surface area contributed by atoms with Crippen LogP contribution in [0.5, 0.6) is 0 Å². The van der Waals surface area contributed by atoms with Crippen LogP contribution in [0, 0.1) is 0 Å². The number of nitrogens with zero attached hydrogens (tertiary/aromatic N) is 1. The van der Waals surface area contributed by atoms with Gasteiger partial charge in [-0.2, -0.15) is 0 Å². The lowest BCUT2D eigenvalue weighted by Gasteiger charge is -2.12. The molecule has 1 heterocycles. The normalized spacial score (nSPS) is 10.7. The van der Waals surface area contributed by atoms with E-state index in [-0.39, 0.29) is 29.3 Å². The van der Waals surface area contributed by atoms with Crippen molar-refractivity contribution in [1.29, 1.82) is 0 Å². The van der Waals surface area contributed by atoms with Gasteiger partial charge in [-0.3, -0.25) is 4.98 Å². The van der Waals surface area contributed by atoms with Crippen LogP contribution in [-0.4, -0.2) is 17.6 Å². The average molecular weight is 265 g/mol. The van der Waals surface area contributed by atoms with Gasteiger partial charge in [0.05, 0.1) is 17.2 Å². The first-order chi connectivity index (χ1) is 8.02. The molecule has 0 aromatic carbocycles. The molecule has 94 valence electrons. The first kappa shape index (κ1) is 13.8. The van der Waals surface area contributed by atoms with Crippen molar-refractivity contribution in [2.24, 2.45) is 5.73 Å². The van der Waals surface area contributed by atoms with Crippen molar-refractivity contribution < 1.29 is 18.3 Å². The summed E-state index contributed by atoms with van der Waals surface area (Å²) in [5.41, 5.74) is 4.52. The van der Waals surface area contributed by atoms with E-state index in [0.717, 1.165) is 6.20 Å². The molecular weight excluding hydrogens is 254 g/mol. The van der Waals surface area contributed by atoms with Crippen molar-refractivity contribution >= 4 is 17.6 Å². The zero-order chi connectivity index (χ0) is 13.0. The molecule has 0 radical (unpaired) electrons. The monoisotopic (exact) mass is 264 g/mol. The zero-order valence-corrected chi connectivity index (χ0v) is 9.80. The summed E-state index contributed by atoms with van der Waals surface area (Å²) in [6.07, 6.45) is -1.84. The number of aromatic nitrogens is 1. The largest absolute Gasteiger partial charge is 0.462 e. The van der Waals surface area contributed by atoms with Crippen molar-refractivity contribution in [3.8, 4) is 0 Å². The van der Waals surface area contributed by atoms with Crippen molar-refractivity contribution in [1.82, 2.24) is 4.98 Å². The Morgan fingerprint density at radius 2 is 2.29 bits per heavy atom. The van der Waals surface area contributed by atoms with E-state index in [1.807, 2.05) is 0 Å². The number of nitrogens with two attached hydrogens (primary N) is 1. The fourth-order valence-electron chi connectivity index (χ4n) is 1.34. The van der Waals surface area contributed by atoms with E-state index >= 15 is 0 Å². The van der Waals surface area contributed by atoms with Gasteiger partial charge in [-0.15, -0.1) is 0 Å². The number of hydrogen-bond acceptors (Lipinski definition) is 4. The molecule has 0 aliphatic rings. The maximum Gasteiger partial charge on any atom is 0.340 e. The van der Waals surface area contributed by atoms with Gasteiger partial charge in [-0.05, 0) is 6.92 Å². The molecule has 0 atom stereocenters. The van der Waals surface area contributed by atoms with Crippen LogP contribution in [0.25, 0.3) is 0 Å². The Hall–Kier alpha value is -1.27. The molecule has 0 aliphatic carbocycles. The predicted molar refractivity (Wildman–Crippen MR) is 58.1 cm³/mol. The van der Waals surface area contributed by atoms with Crippen molar-refractivity contribution in [2.75, 3.05) is 6.61 Å². The number of rotatable bonds is 4. The van der Waals surface area contributed by atoms with Crippen LogP contribution in [-0.2, 0) is 11.3 Å². The Morgan fingerprint density at radius 3 is 2.76 bits per heavy atom. The summed E-state index contributed by atoms with van der Waals surface area (Å²) in [5, 5.41) is 0.0694. The molecule has 4 nitrogen and oxygen atoms in total. The lowest BCUT2D eigenvalue weighted by Crippen LogP contribution is -2.16. The van der Waals surface area contributed by atoms with Gasteiger partial charge in [-0.1, -0.05) is 11.6 Å². The topological polar surface area (TPSA) is 65.2 Å². The van der Waals surface area contributed by atoms with Crippen LogP contribution in [0.2, 0.25) is 5.02 Å². The van der Waals surface area contributed by atoms with Crippen LogP contribution >= 0.6 is 11.6 Å². The molecule has 0 saturated carbocycles. The summed E-state index contributed by atoms with van der Waals surface area (Å²) in [7, 11) is 0. The third kappa shape index (κ3) is 2.89. The molecule has 2 N–H and O–H groups in total. The average Bonchev–Trinajstić information content (AvgIpc) is 2.28. The summed E-state index contributed by atoms with van der Waals surface area (Å²) in [4.78, 5) is 15.0. The van der Waals surface area contributed by atoms with Gasteiger partial charge in [0.1, 0.15) is 5.69 Å². The third-order valence-corrected chi connectivity index (χ3v) is 2.38. The Balaban J connectivity index is 3.38. The van der Waals surface area contributed by atoms with E-state index in [1.165, 1.54) is 0 Å². The lowest BCUT2D eigenvalue weighted by atomic mass is 10.1. The van der Waals surface area contributed by atoms with Gasteiger partial charge < -0.3 is 10.5 Å². The number of carbonyl (C=O) groups excluding carboxylic acids is 1. The smallest absolute Gasteiger partial charge is 0.340 e. The zero-order valence-electron chi connectivity index (χ0n) is 9.04. The molecule has 0 bridgehead atoms. The minimum absolute atomic E-state index is 0.0675. The fraction of sp³-hybridized carbons (Fsp3) is 0.400. The molecule has 0 aliphatic heterocycles. The Bertz CT molecular complexity index is 427. The maximum atomic E-state index is 12.7. The predicted octanol–water partition coefficient (Wildman–Crippen LogP) is 2.31. The van der Waals surface area contributed by atoms with Gasteiger partial charge in [0, 0.05) is 18.3 Å². The van der Waals surface area contributed by atoms with Crippen LogP contribution in [0.1, 0.15) is 35.0 Å². The Labute approximate surface area is 102 Å². The van der Waals surface area contributed by atoms with E-state index in [2.05, 4.69) is 9.72 Å². The van der Waals surface area contributed by atoms with Crippen LogP contribution in [0.15, 0.2) is 6.20 Å². The van der Waals surface area contributed by atoms with Crippen molar-refractivity contribution in [2.45, 2.75) is 19.9 Å². The van der Waals surface area contributed by atoms with E-state index in [9.17, 15) is 13.6 Å².